The van der Waals surface area contributed by atoms with Crippen molar-refractivity contribution in [2.45, 2.75) is 378 Å². The number of ether oxygens (including phenoxy) is 10. The second-order valence-electron chi connectivity index (χ2n) is 28.6. The van der Waals surface area contributed by atoms with E-state index in [0.717, 1.165) is 64.7 Å². The first-order valence-electron chi connectivity index (χ1n) is 39.2. The standard InChI is InChI=1S/C40H66O15.C39H64O16.2CH4/c1-11-12-13-14-15-18-21-32-26(4)24-34(33(32)22-19-16-17-20-23-35(41)48-25(2)3)51-37(43)28(6)49-38(44)30(8)52-55-40(46)31(9)53-54-39(45)29(7)50-36(42)27(5)47-10;1-10-11-12-13-14-17-20-30-31(21-18-15-16-19-22-34(41)48-24(2)3)33(23-32(30)40)51-36(43)26(5)49-37(44)28(7)52-55-39(46)29(8)53-54-38(45)27(6)50-35(42)25(4)47-9;;/h16,19,25-34H,11-15,17-18,20-24H2,1-10H3;15,18,24-33,40H,10-14,16-17,19-23H2,1-9H3;2*1H4/b19-16-;18-15-;;/t26-,27?,28?,29?,30?,31?,32+,33-,34+;25?,26?,27?,28?,29?,30-,31-,32-,33+;;/m11../s1. The molecule has 2 saturated carbocycles. The number of aliphatic hydroxyl groups is 1. The number of carbonyl (C=O) groups is 12. The smallest absolute Gasteiger partial charge is 0.382 e. The fourth-order valence-corrected chi connectivity index (χ4v) is 11.7. The third-order valence-electron chi connectivity index (χ3n) is 18.4. The van der Waals surface area contributed by atoms with Crippen molar-refractivity contribution in [3.8, 4) is 0 Å². The zero-order valence-electron chi connectivity index (χ0n) is 68.5. The van der Waals surface area contributed by atoms with Crippen molar-refractivity contribution in [2.24, 2.45) is 29.6 Å². The molecule has 0 aromatic rings. The van der Waals surface area contributed by atoms with E-state index in [1.807, 2.05) is 26.0 Å². The fraction of sp³-hybridized carbons (Fsp3) is 0.802. The molecule has 648 valence electrons. The van der Waals surface area contributed by atoms with E-state index in [1.165, 1.54) is 115 Å². The van der Waals surface area contributed by atoms with Crippen LogP contribution >= 0.6 is 0 Å². The van der Waals surface area contributed by atoms with Gasteiger partial charge in [0.1, 0.15) is 12.2 Å². The molecule has 112 heavy (non-hydrogen) atoms. The first kappa shape index (κ1) is 107. The highest BCUT2D eigenvalue weighted by Crippen LogP contribution is 2.45. The number of carbonyl (C=O) groups excluding carboxylic acids is 12. The van der Waals surface area contributed by atoms with E-state index in [0.29, 0.717) is 63.2 Å². The summed E-state index contributed by atoms with van der Waals surface area (Å²) in [6.07, 6.45) is 14.3. The normalized spacial score (nSPS) is 20.6. The summed E-state index contributed by atoms with van der Waals surface area (Å²) >= 11 is 0. The van der Waals surface area contributed by atoms with E-state index in [-0.39, 0.29) is 69.3 Å². The number of unbranched alkanes of at least 4 members (excludes halogenated alkanes) is 12. The Morgan fingerprint density at radius 2 is 0.634 bits per heavy atom. The summed E-state index contributed by atoms with van der Waals surface area (Å²) in [5.74, 6) is -9.64. The number of hydrogen-bond acceptors (Lipinski definition) is 31. The molecule has 10 unspecified atom stereocenters. The minimum atomic E-state index is -1.51. The first-order valence-corrected chi connectivity index (χ1v) is 39.2. The number of esters is 8. The van der Waals surface area contributed by atoms with Crippen molar-refractivity contribution in [1.82, 2.24) is 0 Å². The Labute approximate surface area is 664 Å². The Morgan fingerprint density at radius 1 is 0.339 bits per heavy atom. The van der Waals surface area contributed by atoms with Gasteiger partial charge in [-0.05, 0) is 172 Å². The van der Waals surface area contributed by atoms with Crippen molar-refractivity contribution in [3.05, 3.63) is 24.3 Å². The molecule has 2 rings (SSSR count). The molecule has 2 aliphatic carbocycles. The third-order valence-corrected chi connectivity index (χ3v) is 18.4. The van der Waals surface area contributed by atoms with Gasteiger partial charge in [0.2, 0.25) is 12.2 Å². The van der Waals surface area contributed by atoms with Crippen molar-refractivity contribution < 1.29 is 149 Å². The zero-order valence-corrected chi connectivity index (χ0v) is 68.5. The zero-order chi connectivity index (χ0) is 83.0. The Morgan fingerprint density at radius 3 is 0.982 bits per heavy atom. The van der Waals surface area contributed by atoms with Crippen LogP contribution in [-0.4, -0.2) is 183 Å². The maximum Gasteiger partial charge on any atom is 0.382 e. The van der Waals surface area contributed by atoms with Crippen LogP contribution in [0, 0.1) is 29.6 Å². The molecule has 31 nitrogen and oxygen atoms in total. The lowest BCUT2D eigenvalue weighted by molar-refractivity contribution is -0.328. The maximum atomic E-state index is 13.2. The lowest BCUT2D eigenvalue weighted by atomic mass is 9.83. The van der Waals surface area contributed by atoms with Crippen molar-refractivity contribution in [2.75, 3.05) is 14.2 Å². The molecule has 31 heteroatoms. The summed E-state index contributed by atoms with van der Waals surface area (Å²) in [6.45, 7) is 26.7. The van der Waals surface area contributed by atoms with Gasteiger partial charge in [-0.2, -0.15) is 19.6 Å². The molecule has 0 spiro atoms. The predicted molar refractivity (Wildman–Crippen MR) is 407 cm³/mol. The van der Waals surface area contributed by atoms with Crippen LogP contribution in [0.3, 0.4) is 0 Å². The van der Waals surface area contributed by atoms with Gasteiger partial charge >= 0.3 is 71.6 Å². The van der Waals surface area contributed by atoms with Crippen molar-refractivity contribution in [3.63, 3.8) is 0 Å². The lowest BCUT2D eigenvalue weighted by Crippen LogP contribution is -2.36. The first-order chi connectivity index (χ1) is 52.0. The summed E-state index contributed by atoms with van der Waals surface area (Å²) < 4.78 is 52.0. The van der Waals surface area contributed by atoms with Crippen LogP contribution in [0.15, 0.2) is 24.3 Å². The quantitative estimate of drug-likeness (QED) is 0.0148. The van der Waals surface area contributed by atoms with E-state index >= 15 is 0 Å². The summed E-state index contributed by atoms with van der Waals surface area (Å²) in [5, 5.41) is 11.0. The Kier molecular flexibility index (Phi) is 57.6. The molecule has 0 saturated heterocycles. The second kappa shape index (κ2) is 60.4. The summed E-state index contributed by atoms with van der Waals surface area (Å²) in [6, 6.07) is 0. The summed E-state index contributed by atoms with van der Waals surface area (Å²) in [7, 11) is 2.58. The highest BCUT2D eigenvalue weighted by atomic mass is 17.2. The molecule has 0 radical (unpaired) electrons. The number of rotatable bonds is 54. The Balaban J connectivity index is 0. The van der Waals surface area contributed by atoms with Gasteiger partial charge in [0.25, 0.3) is 0 Å². The SMILES string of the molecule is C.C.CCCCCCCC[C@@H]1[C@@H](C/C=C\CCCC(=O)OC(C)C)[C@@H](OC(=O)C(C)OC(=O)C(C)OOC(=O)C(C)OOC(=O)C(C)OC(=O)C(C)OC)C[C@H]1C.CCCCCCCC[C@@H]1[C@@H](C/C=C\CCCC(=O)OC(C)C)[C@@H](OC(=O)C(C)OC(=O)C(C)OOC(=O)C(C)OOC(=O)C(C)OC(=O)C(C)OC)C[C@H]1O. The van der Waals surface area contributed by atoms with Crippen LogP contribution in [0.4, 0.5) is 0 Å². The van der Waals surface area contributed by atoms with E-state index in [4.69, 9.17) is 66.9 Å². The molecule has 0 aliphatic heterocycles. The van der Waals surface area contributed by atoms with Gasteiger partial charge < -0.3 is 52.5 Å². The van der Waals surface area contributed by atoms with Gasteiger partial charge in [-0.1, -0.05) is 137 Å². The third kappa shape index (κ3) is 44.5. The van der Waals surface area contributed by atoms with Crippen molar-refractivity contribution in [1.29, 1.82) is 0 Å². The van der Waals surface area contributed by atoms with E-state index in [9.17, 15) is 62.6 Å². The molecule has 18 atom stereocenters. The maximum absolute atomic E-state index is 13.2. The molecule has 0 aromatic heterocycles. The van der Waals surface area contributed by atoms with Crippen LogP contribution in [0.2, 0.25) is 0 Å². The molecule has 0 amide bonds. The fourth-order valence-electron chi connectivity index (χ4n) is 11.7. The summed E-state index contributed by atoms with van der Waals surface area (Å²) in [4.78, 5) is 185. The van der Waals surface area contributed by atoms with E-state index in [2.05, 4.69) is 52.5 Å². The minimum absolute atomic E-state index is 0. The Bertz CT molecular complexity index is 2620. The van der Waals surface area contributed by atoms with Gasteiger partial charge in [-0.3, -0.25) is 29.1 Å². The number of hydrogen-bond donors (Lipinski definition) is 1. The van der Waals surface area contributed by atoms with Crippen LogP contribution in [0.1, 0.15) is 287 Å². The highest BCUT2D eigenvalue weighted by Gasteiger charge is 2.46. The van der Waals surface area contributed by atoms with Crippen LogP contribution in [0.25, 0.3) is 0 Å². The average Bonchev–Trinajstić information content (AvgIpc) is 1.68. The average molecular weight is 1610 g/mol. The highest BCUT2D eigenvalue weighted by molar-refractivity contribution is 5.83. The second-order valence-corrected chi connectivity index (χ2v) is 28.6. The number of allylic oxidation sites excluding steroid dienone is 4. The number of methoxy groups -OCH3 is 2. The molecule has 2 fully saturated rings. The lowest BCUT2D eigenvalue weighted by Gasteiger charge is -2.26. The monoisotopic (exact) mass is 1610 g/mol. The number of aliphatic hydroxyl groups excluding tert-OH is 1. The molecular weight excluding hydrogens is 1470 g/mol. The van der Waals surface area contributed by atoms with Gasteiger partial charge in [0.05, 0.1) is 18.3 Å². The molecule has 2 aliphatic rings. The van der Waals surface area contributed by atoms with Gasteiger partial charge in [-0.25, -0.2) is 47.9 Å². The van der Waals surface area contributed by atoms with Crippen LogP contribution < -0.4 is 0 Å². The van der Waals surface area contributed by atoms with Crippen LogP contribution in [-0.2, 0) is 144 Å². The van der Waals surface area contributed by atoms with Crippen molar-refractivity contribution >= 4 is 71.6 Å². The molecule has 0 heterocycles. The molecule has 0 aromatic carbocycles. The molecule has 0 bridgehead atoms. The molecular formula is C81H138O31. The van der Waals surface area contributed by atoms with E-state index < -0.39 is 133 Å². The predicted octanol–water partition coefficient (Wildman–Crippen LogP) is 13.2. The Hall–Kier alpha value is -7.16. The van der Waals surface area contributed by atoms with Gasteiger partial charge in [0.15, 0.2) is 48.8 Å². The van der Waals surface area contributed by atoms with E-state index in [1.54, 1.807) is 13.8 Å². The van der Waals surface area contributed by atoms with Gasteiger partial charge in [0, 0.05) is 45.3 Å². The van der Waals surface area contributed by atoms with Crippen LogP contribution in [0.5, 0.6) is 0 Å². The largest absolute Gasteiger partial charge is 0.463 e. The minimum Gasteiger partial charge on any atom is -0.463 e. The summed E-state index contributed by atoms with van der Waals surface area (Å²) in [5.41, 5.74) is 0. The molecule has 1 N–H and O–H groups in total. The topological polar surface area (TPSA) is 391 Å². The van der Waals surface area contributed by atoms with Gasteiger partial charge in [-0.15, -0.1) is 0 Å².